The van der Waals surface area contributed by atoms with Crippen molar-refractivity contribution in [3.63, 3.8) is 0 Å². The lowest BCUT2D eigenvalue weighted by Gasteiger charge is -2.29. The standard InChI is InChI=1S/C26H35N3O6S2.C7H7ClO2S/c1-18-7-13-22(14-8-18)37(32,33)28(5)27-24(30)23-15-21(16-29(23)25(31)35-26(2,3)4)36-17-19-9-11-20(34-6)12-10-19;1-6-2-4-7(5-3-6)11(8,9)10/h7-14,21,23H,15-17H2,1-6H3,(H,27,30);2-5H,1H3/t21-,23+;/m1./s1. The summed E-state index contributed by atoms with van der Waals surface area (Å²) >= 11 is 1.63. The molecule has 0 radical (unpaired) electrons. The Hall–Kier alpha value is -3.30. The molecule has 2 atom stereocenters. The number of ether oxygens (including phenoxy) is 2. The fourth-order valence-electron chi connectivity index (χ4n) is 4.48. The minimum atomic E-state index is -3.96. The van der Waals surface area contributed by atoms with E-state index in [4.69, 9.17) is 20.2 Å². The summed E-state index contributed by atoms with van der Waals surface area (Å²) in [6, 6.07) is 19.6. The molecule has 4 rings (SSSR count). The van der Waals surface area contributed by atoms with Crippen molar-refractivity contribution in [2.45, 2.75) is 73.5 Å². The van der Waals surface area contributed by atoms with Crippen LogP contribution in [0.4, 0.5) is 4.79 Å². The molecule has 2 amide bonds. The maximum absolute atomic E-state index is 13.3. The largest absolute Gasteiger partial charge is 0.497 e. The van der Waals surface area contributed by atoms with E-state index in [1.165, 1.54) is 36.2 Å². The number of hydrogen-bond donors (Lipinski definition) is 1. The van der Waals surface area contributed by atoms with E-state index in [0.29, 0.717) is 18.7 Å². The van der Waals surface area contributed by atoms with E-state index in [0.717, 1.165) is 26.9 Å². The van der Waals surface area contributed by atoms with Crippen LogP contribution in [0.5, 0.6) is 5.75 Å². The van der Waals surface area contributed by atoms with E-state index in [1.54, 1.807) is 63.9 Å². The van der Waals surface area contributed by atoms with Gasteiger partial charge in [0, 0.05) is 35.3 Å². The Morgan fingerprint density at radius 3 is 1.92 bits per heavy atom. The molecule has 1 aliphatic heterocycles. The van der Waals surface area contributed by atoms with E-state index in [1.807, 2.05) is 38.1 Å². The number of nitrogens with zero attached hydrogens (tertiary/aromatic N) is 2. The number of hydrazine groups is 1. The Labute approximate surface area is 292 Å². The third kappa shape index (κ3) is 11.4. The number of carbonyl (C=O) groups is 2. The van der Waals surface area contributed by atoms with Crippen molar-refractivity contribution in [2.24, 2.45) is 0 Å². The summed E-state index contributed by atoms with van der Waals surface area (Å²) in [5.41, 5.74) is 4.74. The number of nitrogens with one attached hydrogen (secondary N) is 1. The molecular formula is C33H42ClN3O8S3. The Bertz CT molecular complexity index is 1760. The first-order valence-electron chi connectivity index (χ1n) is 14.9. The zero-order valence-corrected chi connectivity index (χ0v) is 31.2. The molecule has 0 spiro atoms. The lowest BCUT2D eigenvalue weighted by Crippen LogP contribution is -2.52. The molecule has 1 fully saturated rings. The highest BCUT2D eigenvalue weighted by Gasteiger charge is 2.42. The van der Waals surface area contributed by atoms with Crippen LogP contribution in [-0.2, 0) is 34.4 Å². The van der Waals surface area contributed by atoms with Crippen molar-refractivity contribution in [3.05, 3.63) is 89.5 Å². The van der Waals surface area contributed by atoms with Gasteiger partial charge in [-0.25, -0.2) is 21.6 Å². The lowest BCUT2D eigenvalue weighted by atomic mass is 10.2. The topological polar surface area (TPSA) is 139 Å². The number of aryl methyl sites for hydroxylation is 2. The van der Waals surface area contributed by atoms with Crippen LogP contribution in [-0.4, -0.2) is 75.7 Å². The van der Waals surface area contributed by atoms with Gasteiger partial charge in [0.2, 0.25) is 0 Å². The van der Waals surface area contributed by atoms with Crippen molar-refractivity contribution in [3.8, 4) is 5.75 Å². The molecule has 0 unspecified atom stereocenters. The number of rotatable bonds is 9. The van der Waals surface area contributed by atoms with Crippen LogP contribution in [0, 0.1) is 13.8 Å². The van der Waals surface area contributed by atoms with E-state index in [9.17, 15) is 26.4 Å². The minimum absolute atomic E-state index is 0.0376. The second-order valence-electron chi connectivity index (χ2n) is 12.2. The Kier molecular flexibility index (Phi) is 13.4. The Balaban J connectivity index is 0.000000480. The number of thioether (sulfide) groups is 1. The van der Waals surface area contributed by atoms with Crippen molar-refractivity contribution in [1.29, 1.82) is 0 Å². The average Bonchev–Trinajstić information content (AvgIpc) is 3.45. The van der Waals surface area contributed by atoms with Crippen LogP contribution in [0.25, 0.3) is 0 Å². The molecule has 15 heteroatoms. The van der Waals surface area contributed by atoms with Gasteiger partial charge in [-0.05, 0) is 83.0 Å². The maximum Gasteiger partial charge on any atom is 0.411 e. The number of amides is 2. The molecule has 3 aromatic carbocycles. The molecule has 262 valence electrons. The molecule has 0 saturated carbocycles. The third-order valence-corrected chi connectivity index (χ3v) is 11.5. The van der Waals surface area contributed by atoms with Gasteiger partial charge >= 0.3 is 6.09 Å². The second-order valence-corrected chi connectivity index (χ2v) is 18.0. The highest BCUT2D eigenvalue weighted by atomic mass is 35.7. The van der Waals surface area contributed by atoms with Crippen LogP contribution in [0.1, 0.15) is 43.9 Å². The molecule has 1 heterocycles. The molecule has 0 bridgehead atoms. The number of sulfonamides is 1. The van der Waals surface area contributed by atoms with Crippen molar-refractivity contribution in [2.75, 3.05) is 20.7 Å². The highest BCUT2D eigenvalue weighted by molar-refractivity contribution is 8.13. The van der Waals surface area contributed by atoms with Gasteiger partial charge in [0.1, 0.15) is 17.4 Å². The van der Waals surface area contributed by atoms with Crippen LogP contribution >= 0.6 is 22.4 Å². The molecule has 1 saturated heterocycles. The average molecular weight is 740 g/mol. The summed E-state index contributed by atoms with van der Waals surface area (Å²) in [7, 11) is 0.461. The van der Waals surface area contributed by atoms with Gasteiger partial charge in [-0.2, -0.15) is 11.8 Å². The van der Waals surface area contributed by atoms with E-state index < -0.39 is 42.7 Å². The number of benzene rings is 3. The first-order valence-corrected chi connectivity index (χ1v) is 19.7. The van der Waals surface area contributed by atoms with Crippen LogP contribution < -0.4 is 10.2 Å². The van der Waals surface area contributed by atoms with E-state index >= 15 is 0 Å². The molecular weight excluding hydrogens is 698 g/mol. The summed E-state index contributed by atoms with van der Waals surface area (Å²) in [6.45, 7) is 9.32. The molecule has 0 aromatic heterocycles. The number of hydrogen-bond acceptors (Lipinski definition) is 9. The van der Waals surface area contributed by atoms with Gasteiger partial charge < -0.3 is 9.47 Å². The highest BCUT2D eigenvalue weighted by Crippen LogP contribution is 2.32. The first-order chi connectivity index (χ1) is 22.3. The summed E-state index contributed by atoms with van der Waals surface area (Å²) in [6.07, 6.45) is -0.242. The Morgan fingerprint density at radius 2 is 1.44 bits per heavy atom. The predicted molar refractivity (Wildman–Crippen MR) is 188 cm³/mol. The van der Waals surface area contributed by atoms with Crippen LogP contribution in [0.15, 0.2) is 82.6 Å². The second kappa shape index (κ2) is 16.4. The van der Waals surface area contributed by atoms with Gasteiger partial charge in [-0.1, -0.05) is 47.5 Å². The van der Waals surface area contributed by atoms with Crippen molar-refractivity contribution in [1.82, 2.24) is 14.7 Å². The summed E-state index contributed by atoms with van der Waals surface area (Å²) in [5, 5.41) is -0.0376. The molecule has 1 N–H and O–H groups in total. The van der Waals surface area contributed by atoms with Gasteiger partial charge in [-0.15, -0.1) is 4.41 Å². The predicted octanol–water partition coefficient (Wildman–Crippen LogP) is 5.89. The van der Waals surface area contributed by atoms with Crippen LogP contribution in [0.2, 0.25) is 0 Å². The number of carbonyl (C=O) groups excluding carboxylic acids is 2. The van der Waals surface area contributed by atoms with Gasteiger partial charge in [0.15, 0.2) is 0 Å². The zero-order chi connectivity index (χ0) is 35.9. The fraction of sp³-hybridized carbons (Fsp3) is 0.394. The Morgan fingerprint density at radius 1 is 0.917 bits per heavy atom. The van der Waals surface area contributed by atoms with Crippen LogP contribution in [0.3, 0.4) is 0 Å². The number of likely N-dealkylation sites (tertiary alicyclic amines) is 1. The van der Waals surface area contributed by atoms with Crippen molar-refractivity contribution < 1.29 is 35.9 Å². The monoisotopic (exact) mass is 739 g/mol. The number of methoxy groups -OCH3 is 1. The van der Waals surface area contributed by atoms with Gasteiger partial charge in [-0.3, -0.25) is 15.1 Å². The number of halogens is 1. The molecule has 1 aliphatic rings. The SMILES string of the molecule is COc1ccc(CS[C@@H]2C[C@@H](C(=O)NN(C)S(=O)(=O)c3ccc(C)cc3)N(C(=O)OC(C)(C)C)C2)cc1.Cc1ccc(S(=O)(=O)Cl)cc1. The van der Waals surface area contributed by atoms with Crippen molar-refractivity contribution >= 4 is 53.5 Å². The van der Waals surface area contributed by atoms with Gasteiger partial charge in [0.05, 0.1) is 16.9 Å². The first kappa shape index (κ1) is 39.1. The minimum Gasteiger partial charge on any atom is -0.497 e. The molecule has 0 aliphatic carbocycles. The fourth-order valence-corrected chi connectivity index (χ4v) is 7.47. The molecule has 48 heavy (non-hydrogen) atoms. The normalized spacial score (nSPS) is 16.6. The quantitative estimate of drug-likeness (QED) is 0.210. The van der Waals surface area contributed by atoms with E-state index in [-0.39, 0.29) is 15.0 Å². The smallest absolute Gasteiger partial charge is 0.411 e. The van der Waals surface area contributed by atoms with Gasteiger partial charge in [0.25, 0.3) is 25.0 Å². The third-order valence-electron chi connectivity index (χ3n) is 7.09. The molecule has 3 aromatic rings. The summed E-state index contributed by atoms with van der Waals surface area (Å²) < 4.78 is 58.9. The maximum atomic E-state index is 13.3. The molecule has 11 nitrogen and oxygen atoms in total. The summed E-state index contributed by atoms with van der Waals surface area (Å²) in [4.78, 5) is 27.8. The lowest BCUT2D eigenvalue weighted by molar-refractivity contribution is -0.128. The summed E-state index contributed by atoms with van der Waals surface area (Å²) in [5.74, 6) is 0.871. The zero-order valence-electron chi connectivity index (χ0n) is 28.0. The van der Waals surface area contributed by atoms with E-state index in [2.05, 4.69) is 5.43 Å².